The van der Waals surface area contributed by atoms with Gasteiger partial charge in [-0.2, -0.15) is 0 Å². The second-order valence-corrected chi connectivity index (χ2v) is 16.5. The monoisotopic (exact) mass is 885 g/mol. The highest BCUT2D eigenvalue weighted by molar-refractivity contribution is 9.13. The smallest absolute Gasteiger partial charge is 0.254 e. The molecule has 3 aliphatic heterocycles. The van der Waals surface area contributed by atoms with Crippen molar-refractivity contribution in [3.8, 4) is 11.5 Å². The molecule has 6 unspecified atom stereocenters. The number of carbonyl (C=O) groups excluding carboxylic acids is 4. The van der Waals surface area contributed by atoms with Crippen molar-refractivity contribution in [1.82, 2.24) is 14.7 Å². The fourth-order valence-corrected chi connectivity index (χ4v) is 11.0. The summed E-state index contributed by atoms with van der Waals surface area (Å²) in [5.41, 5.74) is 2.21. The number of fused-ring (bicyclic) bond motifs is 4. The molecular formula is C34H32Br3Cl2N3O6. The average molecular weight is 889 g/mol. The molecule has 4 amide bonds. The van der Waals surface area contributed by atoms with Crippen LogP contribution in [0.4, 0.5) is 0 Å². The summed E-state index contributed by atoms with van der Waals surface area (Å²) in [6, 6.07) is 11.6. The summed E-state index contributed by atoms with van der Waals surface area (Å²) < 4.78 is 6.11. The number of allylic oxidation sites excluding steroid dienone is 2. The van der Waals surface area contributed by atoms with Crippen LogP contribution < -0.4 is 4.74 Å². The van der Waals surface area contributed by atoms with E-state index >= 15 is 0 Å². The van der Waals surface area contributed by atoms with Gasteiger partial charge in [-0.3, -0.25) is 33.9 Å². The topological polar surface area (TPSA) is 107 Å². The Morgan fingerprint density at radius 2 is 1.67 bits per heavy atom. The number of carbonyl (C=O) groups is 4. The molecule has 1 N–H and O–H groups in total. The zero-order valence-corrected chi connectivity index (χ0v) is 32.1. The molecule has 14 heteroatoms. The molecule has 3 heterocycles. The molecule has 0 spiro atoms. The Morgan fingerprint density at radius 1 is 0.979 bits per heavy atom. The predicted molar refractivity (Wildman–Crippen MR) is 190 cm³/mol. The van der Waals surface area contributed by atoms with Crippen LogP contribution in [-0.2, 0) is 25.7 Å². The number of imide groups is 2. The van der Waals surface area contributed by atoms with E-state index in [9.17, 15) is 24.3 Å². The number of rotatable bonds is 6. The number of alkyl halides is 3. The van der Waals surface area contributed by atoms with Crippen molar-refractivity contribution in [3.05, 3.63) is 68.1 Å². The molecule has 48 heavy (non-hydrogen) atoms. The first-order chi connectivity index (χ1) is 22.9. The lowest BCUT2D eigenvalue weighted by atomic mass is 9.56. The molecular weight excluding hydrogens is 857 g/mol. The number of hydrogen-bond donors (Lipinski definition) is 1. The minimum Gasteiger partial charge on any atom is -0.503 e. The zero-order valence-electron chi connectivity index (χ0n) is 25.8. The largest absolute Gasteiger partial charge is 0.503 e. The average Bonchev–Trinajstić information content (AvgIpc) is 3.42. The van der Waals surface area contributed by atoms with Crippen LogP contribution in [0.25, 0.3) is 0 Å². The number of piperidine rings is 1. The first-order valence-electron chi connectivity index (χ1n) is 15.8. The second kappa shape index (κ2) is 12.7. The molecule has 2 aromatic rings. The summed E-state index contributed by atoms with van der Waals surface area (Å²) in [7, 11) is 1.40. The molecule has 4 fully saturated rings. The van der Waals surface area contributed by atoms with Gasteiger partial charge in [0.05, 0.1) is 28.9 Å². The molecule has 2 aliphatic carbocycles. The van der Waals surface area contributed by atoms with Crippen LogP contribution in [0, 0.1) is 17.8 Å². The van der Waals surface area contributed by atoms with Gasteiger partial charge >= 0.3 is 0 Å². The second-order valence-electron chi connectivity index (χ2n) is 13.2. The van der Waals surface area contributed by atoms with Gasteiger partial charge in [-0.1, -0.05) is 57.9 Å². The third-order valence-corrected chi connectivity index (χ3v) is 15.0. The van der Waals surface area contributed by atoms with E-state index < -0.39 is 45.2 Å². The number of amides is 4. The standard InChI is InChI=1S/C34H32Br3Cl2N3O6/c1-48-23-13-21(26(36)27(37)28(23)43)25-19-7-8-20-24(22(19)14-33(38)31(46)41(16-35)32(47)34(25,33)39)30(45)42(29(20)44)18-9-11-40(12-10-18)15-17-5-3-2-4-6-17/h2-7,13,18,20,22,24-25,43H,8-12,14-16H2,1H3. The van der Waals surface area contributed by atoms with Crippen molar-refractivity contribution in [2.75, 3.05) is 25.7 Å². The van der Waals surface area contributed by atoms with Crippen LogP contribution in [0.1, 0.15) is 42.7 Å². The van der Waals surface area contributed by atoms with E-state index in [0.29, 0.717) is 28.5 Å². The van der Waals surface area contributed by atoms with Gasteiger partial charge in [0.1, 0.15) is 0 Å². The predicted octanol–water partition coefficient (Wildman–Crippen LogP) is 6.30. The SMILES string of the molecule is COc1cc(C2C3=CCC4C(=O)N(C5CCN(Cc6ccccc6)CC5)C(=O)C4C3CC3(Cl)C(=O)N(CBr)C(=O)C23Cl)c(Br)c(Br)c1O. The van der Waals surface area contributed by atoms with Crippen LogP contribution in [0.3, 0.4) is 0 Å². The van der Waals surface area contributed by atoms with Crippen molar-refractivity contribution < 1.29 is 29.0 Å². The van der Waals surface area contributed by atoms with Gasteiger partial charge < -0.3 is 9.84 Å². The minimum atomic E-state index is -1.98. The number of halogens is 5. The summed E-state index contributed by atoms with van der Waals surface area (Å²) in [6.07, 6.45) is 3.43. The van der Waals surface area contributed by atoms with Crippen LogP contribution in [0.15, 0.2) is 57.0 Å². The van der Waals surface area contributed by atoms with E-state index in [1.165, 1.54) is 17.6 Å². The van der Waals surface area contributed by atoms with Gasteiger partial charge in [-0.05, 0) is 80.7 Å². The van der Waals surface area contributed by atoms with E-state index in [1.807, 2.05) is 24.3 Å². The van der Waals surface area contributed by atoms with Crippen LogP contribution in [-0.4, -0.2) is 84.9 Å². The highest BCUT2D eigenvalue weighted by Gasteiger charge is 2.76. The van der Waals surface area contributed by atoms with E-state index in [0.717, 1.165) is 24.5 Å². The van der Waals surface area contributed by atoms with E-state index in [1.54, 1.807) is 6.07 Å². The Hall–Kier alpha value is -1.96. The van der Waals surface area contributed by atoms with E-state index in [2.05, 4.69) is 64.8 Å². The fraction of sp³-hybridized carbons (Fsp3) is 0.471. The number of hydrogen-bond acceptors (Lipinski definition) is 7. The number of ether oxygens (including phenoxy) is 1. The summed E-state index contributed by atoms with van der Waals surface area (Å²) in [6.45, 7) is 2.32. The first kappa shape index (κ1) is 34.5. The number of benzene rings is 2. The fourth-order valence-electron chi connectivity index (χ4n) is 8.64. The molecule has 0 bridgehead atoms. The summed E-state index contributed by atoms with van der Waals surface area (Å²) >= 11 is 25.0. The molecule has 3 saturated heterocycles. The molecule has 0 aromatic heterocycles. The van der Waals surface area contributed by atoms with Gasteiger partial charge in [0, 0.05) is 36.1 Å². The molecule has 254 valence electrons. The maximum absolute atomic E-state index is 14.5. The Balaban J connectivity index is 1.26. The summed E-state index contributed by atoms with van der Waals surface area (Å²) in [5.74, 6) is -4.86. The summed E-state index contributed by atoms with van der Waals surface area (Å²) in [5, 5.41) is 10.7. The normalized spacial score (nSPS) is 32.3. The summed E-state index contributed by atoms with van der Waals surface area (Å²) in [4.78, 5) is 57.6. The van der Waals surface area contributed by atoms with Crippen molar-refractivity contribution in [3.63, 3.8) is 0 Å². The van der Waals surface area contributed by atoms with Gasteiger partial charge in [-0.25, -0.2) is 0 Å². The molecule has 0 radical (unpaired) electrons. The molecule has 7 rings (SSSR count). The maximum Gasteiger partial charge on any atom is 0.254 e. The van der Waals surface area contributed by atoms with Crippen molar-refractivity contribution in [2.45, 2.75) is 53.9 Å². The van der Waals surface area contributed by atoms with E-state index in [-0.39, 0.29) is 52.1 Å². The Morgan fingerprint density at radius 3 is 2.31 bits per heavy atom. The molecule has 1 saturated carbocycles. The molecule has 9 nitrogen and oxygen atoms in total. The Bertz CT molecular complexity index is 1750. The van der Waals surface area contributed by atoms with Crippen LogP contribution in [0.2, 0.25) is 0 Å². The van der Waals surface area contributed by atoms with Crippen molar-refractivity contribution >= 4 is 94.6 Å². The lowest BCUT2D eigenvalue weighted by Crippen LogP contribution is -2.60. The third-order valence-electron chi connectivity index (χ3n) is 10.9. The number of methoxy groups -OCH3 is 1. The molecule has 5 aliphatic rings. The molecule has 6 atom stereocenters. The number of phenols is 1. The highest BCUT2D eigenvalue weighted by Crippen LogP contribution is 2.67. The maximum atomic E-state index is 14.5. The zero-order chi connectivity index (χ0) is 34.3. The lowest BCUT2D eigenvalue weighted by Gasteiger charge is -2.51. The molecule has 2 aromatic carbocycles. The van der Waals surface area contributed by atoms with Gasteiger partial charge in [-0.15, -0.1) is 23.2 Å². The number of nitrogens with zero attached hydrogens (tertiary/aromatic N) is 3. The Kier molecular flexibility index (Phi) is 9.10. The van der Waals surface area contributed by atoms with Gasteiger partial charge in [0.25, 0.3) is 11.8 Å². The number of likely N-dealkylation sites (tertiary alicyclic amines) is 3. The lowest BCUT2D eigenvalue weighted by molar-refractivity contribution is -0.144. The third kappa shape index (κ3) is 4.90. The first-order valence-corrected chi connectivity index (χ1v) is 19.2. The van der Waals surface area contributed by atoms with Crippen LogP contribution >= 0.6 is 71.0 Å². The number of phenolic OH excluding ortho intramolecular Hbond substituents is 1. The van der Waals surface area contributed by atoms with Crippen molar-refractivity contribution in [2.24, 2.45) is 17.8 Å². The quantitative estimate of drug-likeness (QED) is 0.157. The van der Waals surface area contributed by atoms with Gasteiger partial charge in [0.2, 0.25) is 11.8 Å². The van der Waals surface area contributed by atoms with E-state index in [4.69, 9.17) is 27.9 Å². The highest BCUT2D eigenvalue weighted by atomic mass is 79.9. The minimum absolute atomic E-state index is 0.0913. The van der Waals surface area contributed by atoms with Crippen molar-refractivity contribution in [1.29, 1.82) is 0 Å². The number of aromatic hydroxyl groups is 1. The van der Waals surface area contributed by atoms with Crippen LogP contribution in [0.5, 0.6) is 11.5 Å². The van der Waals surface area contributed by atoms with Gasteiger partial charge in [0.15, 0.2) is 21.2 Å². The Labute approximate surface area is 313 Å².